The minimum atomic E-state index is 0.0896. The van der Waals surface area contributed by atoms with E-state index in [4.69, 9.17) is 5.73 Å². The molecule has 2 unspecified atom stereocenters. The number of nitrogens with one attached hydrogen (secondary N) is 1. The van der Waals surface area contributed by atoms with Crippen LogP contribution >= 0.6 is 0 Å². The summed E-state index contributed by atoms with van der Waals surface area (Å²) in [5, 5.41) is 3.71. The third-order valence-corrected chi connectivity index (χ3v) is 4.13. The molecule has 0 saturated heterocycles. The topological polar surface area (TPSA) is 38.0 Å². The number of rotatable bonds is 3. The van der Waals surface area contributed by atoms with E-state index in [-0.39, 0.29) is 5.54 Å². The lowest BCUT2D eigenvalue weighted by Gasteiger charge is -2.43. The van der Waals surface area contributed by atoms with Gasteiger partial charge in [0.15, 0.2) is 0 Å². The van der Waals surface area contributed by atoms with E-state index in [2.05, 4.69) is 50.4 Å². The number of nitrogens with two attached hydrogens (primary N) is 1. The van der Waals surface area contributed by atoms with E-state index < -0.39 is 0 Å². The Kier molecular flexibility index (Phi) is 3.96. The van der Waals surface area contributed by atoms with Crippen molar-refractivity contribution >= 4 is 5.69 Å². The van der Waals surface area contributed by atoms with Gasteiger partial charge in [-0.05, 0) is 50.2 Å². The monoisotopic (exact) mass is 246 g/mol. The smallest absolute Gasteiger partial charge is 0.0500 e. The molecule has 0 heterocycles. The first kappa shape index (κ1) is 13.4. The van der Waals surface area contributed by atoms with Crippen molar-refractivity contribution in [1.82, 2.24) is 0 Å². The highest BCUT2D eigenvalue weighted by Crippen LogP contribution is 2.37. The first-order chi connectivity index (χ1) is 8.53. The standard InChI is InChI=1S/C16H26N2/c1-12-4-6-15(7-5-12)18-16(11-17)9-13(2)8-14(3)10-16/h4-7,13-14,18H,8-11,17H2,1-3H3. The second kappa shape index (κ2) is 5.31. The van der Waals surface area contributed by atoms with E-state index in [1.165, 1.54) is 30.5 Å². The van der Waals surface area contributed by atoms with Crippen LogP contribution in [0.2, 0.25) is 0 Å². The zero-order chi connectivity index (χ0) is 13.2. The van der Waals surface area contributed by atoms with Gasteiger partial charge < -0.3 is 11.1 Å². The predicted molar refractivity (Wildman–Crippen MR) is 78.8 cm³/mol. The van der Waals surface area contributed by atoms with E-state index in [0.717, 1.165) is 18.4 Å². The molecule has 0 bridgehead atoms. The van der Waals surface area contributed by atoms with Gasteiger partial charge in [0.25, 0.3) is 0 Å². The summed E-state index contributed by atoms with van der Waals surface area (Å²) in [6.07, 6.45) is 3.70. The molecule has 0 amide bonds. The van der Waals surface area contributed by atoms with E-state index in [1.807, 2.05) is 0 Å². The van der Waals surface area contributed by atoms with Crippen molar-refractivity contribution < 1.29 is 0 Å². The second-order valence-electron chi connectivity index (χ2n) is 6.33. The lowest BCUT2D eigenvalue weighted by molar-refractivity contribution is 0.205. The number of benzene rings is 1. The van der Waals surface area contributed by atoms with Crippen molar-refractivity contribution in [2.75, 3.05) is 11.9 Å². The van der Waals surface area contributed by atoms with Crippen LogP contribution in [0.3, 0.4) is 0 Å². The third-order valence-electron chi connectivity index (χ3n) is 4.13. The fourth-order valence-corrected chi connectivity index (χ4v) is 3.53. The lowest BCUT2D eigenvalue weighted by Crippen LogP contribution is -2.50. The van der Waals surface area contributed by atoms with E-state index in [9.17, 15) is 0 Å². The van der Waals surface area contributed by atoms with E-state index >= 15 is 0 Å². The molecule has 1 aromatic carbocycles. The summed E-state index contributed by atoms with van der Waals surface area (Å²) in [7, 11) is 0. The molecule has 2 nitrogen and oxygen atoms in total. The van der Waals surface area contributed by atoms with Gasteiger partial charge in [-0.15, -0.1) is 0 Å². The van der Waals surface area contributed by atoms with Gasteiger partial charge >= 0.3 is 0 Å². The first-order valence-corrected chi connectivity index (χ1v) is 7.08. The number of aryl methyl sites for hydroxylation is 1. The van der Waals surface area contributed by atoms with Crippen LogP contribution in [0.15, 0.2) is 24.3 Å². The molecule has 1 aromatic rings. The van der Waals surface area contributed by atoms with Crippen LogP contribution in [-0.4, -0.2) is 12.1 Å². The molecular formula is C16H26N2. The molecule has 0 aromatic heterocycles. The number of hydrogen-bond acceptors (Lipinski definition) is 2. The molecule has 0 radical (unpaired) electrons. The van der Waals surface area contributed by atoms with Gasteiger partial charge in [0.2, 0.25) is 0 Å². The van der Waals surface area contributed by atoms with Crippen molar-refractivity contribution in [3.8, 4) is 0 Å². The van der Waals surface area contributed by atoms with Gasteiger partial charge in [-0.2, -0.15) is 0 Å². The molecular weight excluding hydrogens is 220 g/mol. The maximum atomic E-state index is 6.08. The van der Waals surface area contributed by atoms with Gasteiger partial charge in [-0.1, -0.05) is 31.5 Å². The van der Waals surface area contributed by atoms with Crippen LogP contribution in [0.5, 0.6) is 0 Å². The SMILES string of the molecule is Cc1ccc(NC2(CN)CC(C)CC(C)C2)cc1. The Morgan fingerprint density at radius 3 is 2.22 bits per heavy atom. The van der Waals surface area contributed by atoms with Crippen LogP contribution in [0.25, 0.3) is 0 Å². The largest absolute Gasteiger partial charge is 0.378 e. The van der Waals surface area contributed by atoms with Crippen LogP contribution in [0.4, 0.5) is 5.69 Å². The molecule has 2 heteroatoms. The Hall–Kier alpha value is -1.02. The summed E-state index contributed by atoms with van der Waals surface area (Å²) in [6.45, 7) is 7.52. The van der Waals surface area contributed by atoms with Crippen LogP contribution in [-0.2, 0) is 0 Å². The summed E-state index contributed by atoms with van der Waals surface area (Å²) < 4.78 is 0. The van der Waals surface area contributed by atoms with Crippen LogP contribution in [0.1, 0.15) is 38.7 Å². The fraction of sp³-hybridized carbons (Fsp3) is 0.625. The van der Waals surface area contributed by atoms with Crippen molar-refractivity contribution in [2.45, 2.75) is 45.6 Å². The van der Waals surface area contributed by atoms with Gasteiger partial charge in [-0.25, -0.2) is 0 Å². The zero-order valence-electron chi connectivity index (χ0n) is 11.9. The maximum Gasteiger partial charge on any atom is 0.0500 e. The molecule has 18 heavy (non-hydrogen) atoms. The highest BCUT2D eigenvalue weighted by Gasteiger charge is 2.36. The molecule has 1 fully saturated rings. The van der Waals surface area contributed by atoms with Gasteiger partial charge in [0.1, 0.15) is 0 Å². The molecule has 1 aliphatic carbocycles. The Bertz CT molecular complexity index is 373. The molecule has 2 rings (SSSR count). The minimum absolute atomic E-state index is 0.0896. The molecule has 3 N–H and O–H groups in total. The highest BCUT2D eigenvalue weighted by molar-refractivity contribution is 5.47. The summed E-state index contributed by atoms with van der Waals surface area (Å²) in [5.74, 6) is 1.52. The van der Waals surface area contributed by atoms with Gasteiger partial charge in [0, 0.05) is 12.2 Å². The molecule has 0 spiro atoms. The minimum Gasteiger partial charge on any atom is -0.378 e. The van der Waals surface area contributed by atoms with Gasteiger partial charge in [0.05, 0.1) is 5.54 Å². The van der Waals surface area contributed by atoms with Crippen molar-refractivity contribution in [3.05, 3.63) is 29.8 Å². The van der Waals surface area contributed by atoms with Crippen LogP contribution < -0.4 is 11.1 Å². The van der Waals surface area contributed by atoms with E-state index in [0.29, 0.717) is 0 Å². The lowest BCUT2D eigenvalue weighted by atomic mass is 9.71. The summed E-state index contributed by atoms with van der Waals surface area (Å²) in [5.41, 5.74) is 8.67. The number of anilines is 1. The van der Waals surface area contributed by atoms with E-state index in [1.54, 1.807) is 0 Å². The Balaban J connectivity index is 2.14. The fourth-order valence-electron chi connectivity index (χ4n) is 3.53. The number of hydrogen-bond donors (Lipinski definition) is 2. The molecule has 1 saturated carbocycles. The normalized spacial score (nSPS) is 32.2. The molecule has 2 atom stereocenters. The zero-order valence-corrected chi connectivity index (χ0v) is 11.9. The van der Waals surface area contributed by atoms with Crippen molar-refractivity contribution in [2.24, 2.45) is 17.6 Å². The quantitative estimate of drug-likeness (QED) is 0.856. The molecule has 100 valence electrons. The average Bonchev–Trinajstić information content (AvgIpc) is 2.31. The maximum absolute atomic E-state index is 6.08. The van der Waals surface area contributed by atoms with Gasteiger partial charge in [-0.3, -0.25) is 0 Å². The van der Waals surface area contributed by atoms with Crippen LogP contribution in [0, 0.1) is 18.8 Å². The first-order valence-electron chi connectivity index (χ1n) is 7.08. The molecule has 1 aliphatic rings. The van der Waals surface area contributed by atoms with Crippen molar-refractivity contribution in [1.29, 1.82) is 0 Å². The summed E-state index contributed by atoms with van der Waals surface area (Å²) in [4.78, 5) is 0. The summed E-state index contributed by atoms with van der Waals surface area (Å²) in [6, 6.07) is 8.64. The summed E-state index contributed by atoms with van der Waals surface area (Å²) >= 11 is 0. The Morgan fingerprint density at radius 2 is 1.72 bits per heavy atom. The second-order valence-corrected chi connectivity index (χ2v) is 6.33. The Morgan fingerprint density at radius 1 is 1.17 bits per heavy atom. The third kappa shape index (κ3) is 3.05. The highest BCUT2D eigenvalue weighted by atomic mass is 15.0. The molecule has 0 aliphatic heterocycles. The van der Waals surface area contributed by atoms with Crippen molar-refractivity contribution in [3.63, 3.8) is 0 Å². The average molecular weight is 246 g/mol. The predicted octanol–water partition coefficient (Wildman–Crippen LogP) is 3.56. The Labute approximate surface area is 111 Å².